The van der Waals surface area contributed by atoms with Gasteiger partial charge in [-0.3, -0.25) is 4.79 Å². The summed E-state index contributed by atoms with van der Waals surface area (Å²) in [5.74, 6) is 0.488. The minimum absolute atomic E-state index is 0.0272. The second-order valence-corrected chi connectivity index (χ2v) is 5.54. The quantitative estimate of drug-likeness (QED) is 0.726. The van der Waals surface area contributed by atoms with E-state index in [1.54, 1.807) is 6.92 Å². The number of amides is 1. The molecule has 1 amide bonds. The van der Waals surface area contributed by atoms with Crippen molar-refractivity contribution in [2.75, 3.05) is 6.54 Å². The average molecular weight is 257 g/mol. The third-order valence-electron chi connectivity index (χ3n) is 3.55. The zero-order valence-electron chi connectivity index (χ0n) is 10.7. The van der Waals surface area contributed by atoms with Gasteiger partial charge in [0.25, 0.3) is 0 Å². The van der Waals surface area contributed by atoms with E-state index in [0.29, 0.717) is 18.9 Å². The lowest BCUT2D eigenvalue weighted by molar-refractivity contribution is -0.134. The summed E-state index contributed by atoms with van der Waals surface area (Å²) in [4.78, 5) is 13.9. The van der Waals surface area contributed by atoms with Crippen molar-refractivity contribution < 1.29 is 4.79 Å². The van der Waals surface area contributed by atoms with Crippen molar-refractivity contribution >= 4 is 17.5 Å². The van der Waals surface area contributed by atoms with E-state index in [9.17, 15) is 4.79 Å². The number of alkyl halides is 1. The molecule has 0 aromatic heterocycles. The highest BCUT2D eigenvalue weighted by Gasteiger charge is 2.31. The third kappa shape index (κ3) is 3.89. The Morgan fingerprint density at radius 2 is 2.18 bits per heavy atom. The van der Waals surface area contributed by atoms with Crippen LogP contribution in [0.4, 0.5) is 0 Å². The lowest BCUT2D eigenvalue weighted by Crippen LogP contribution is -2.48. The van der Waals surface area contributed by atoms with Gasteiger partial charge in [0.1, 0.15) is 5.38 Å². The molecule has 0 saturated heterocycles. The van der Waals surface area contributed by atoms with Gasteiger partial charge in [0.05, 0.1) is 12.5 Å². The molecule has 0 radical (unpaired) electrons. The van der Waals surface area contributed by atoms with Crippen LogP contribution in [0, 0.1) is 17.2 Å². The summed E-state index contributed by atoms with van der Waals surface area (Å²) in [6.07, 6.45) is 5.01. The van der Waals surface area contributed by atoms with Crippen molar-refractivity contribution in [2.24, 2.45) is 5.92 Å². The van der Waals surface area contributed by atoms with E-state index in [1.165, 1.54) is 12.8 Å². The van der Waals surface area contributed by atoms with E-state index >= 15 is 0 Å². The first-order valence-corrected chi connectivity index (χ1v) is 6.83. The number of carbonyl (C=O) groups is 1. The minimum atomic E-state index is -0.497. The first-order chi connectivity index (χ1) is 8.07. The Kier molecular flexibility index (Phi) is 5.77. The standard InChI is InChI=1S/C13H21ClN2O/c1-10-6-3-4-7-12(10)16(9-5-8-15)13(17)11(2)14/h10-12H,3-7,9H2,1-2H3. The normalized spacial score (nSPS) is 26.0. The number of rotatable bonds is 4. The number of hydrogen-bond acceptors (Lipinski definition) is 2. The van der Waals surface area contributed by atoms with Gasteiger partial charge in [-0.25, -0.2) is 0 Å². The smallest absolute Gasteiger partial charge is 0.240 e. The van der Waals surface area contributed by atoms with Gasteiger partial charge in [0, 0.05) is 12.6 Å². The molecule has 0 aliphatic heterocycles. The maximum Gasteiger partial charge on any atom is 0.240 e. The Bertz CT molecular complexity index is 298. The molecule has 1 fully saturated rings. The highest BCUT2D eigenvalue weighted by molar-refractivity contribution is 6.30. The fourth-order valence-corrected chi connectivity index (χ4v) is 2.72. The van der Waals surface area contributed by atoms with E-state index in [1.807, 2.05) is 4.90 Å². The molecule has 4 heteroatoms. The second kappa shape index (κ2) is 6.86. The fourth-order valence-electron chi connectivity index (χ4n) is 2.60. The molecular formula is C13H21ClN2O. The molecule has 0 aromatic carbocycles. The number of halogens is 1. The zero-order valence-corrected chi connectivity index (χ0v) is 11.4. The Labute approximate surface area is 109 Å². The molecule has 1 aliphatic rings. The monoisotopic (exact) mass is 256 g/mol. The molecule has 0 N–H and O–H groups in total. The Morgan fingerprint density at radius 1 is 1.53 bits per heavy atom. The molecule has 1 rings (SSSR count). The molecule has 0 aromatic rings. The largest absolute Gasteiger partial charge is 0.337 e. The highest BCUT2D eigenvalue weighted by atomic mass is 35.5. The van der Waals surface area contributed by atoms with Crippen LogP contribution in [-0.2, 0) is 4.79 Å². The molecule has 3 nitrogen and oxygen atoms in total. The van der Waals surface area contributed by atoms with Crippen LogP contribution in [0.15, 0.2) is 0 Å². The summed E-state index contributed by atoms with van der Waals surface area (Å²) in [5, 5.41) is 8.18. The molecule has 1 aliphatic carbocycles. The number of nitriles is 1. The summed E-state index contributed by atoms with van der Waals surface area (Å²) < 4.78 is 0. The van der Waals surface area contributed by atoms with E-state index in [2.05, 4.69) is 13.0 Å². The van der Waals surface area contributed by atoms with Crippen LogP contribution >= 0.6 is 11.6 Å². The molecule has 3 unspecified atom stereocenters. The topological polar surface area (TPSA) is 44.1 Å². The summed E-state index contributed by atoms with van der Waals surface area (Å²) in [5.41, 5.74) is 0. The average Bonchev–Trinajstić information content (AvgIpc) is 2.31. The van der Waals surface area contributed by atoms with E-state index < -0.39 is 5.38 Å². The van der Waals surface area contributed by atoms with Crippen LogP contribution in [0.3, 0.4) is 0 Å². The molecule has 17 heavy (non-hydrogen) atoms. The van der Waals surface area contributed by atoms with Crippen molar-refractivity contribution in [1.29, 1.82) is 5.26 Å². The van der Waals surface area contributed by atoms with Gasteiger partial charge in [-0.1, -0.05) is 19.8 Å². The maximum atomic E-state index is 12.1. The van der Waals surface area contributed by atoms with Crippen LogP contribution in [0.25, 0.3) is 0 Å². The summed E-state index contributed by atoms with van der Waals surface area (Å²) in [7, 11) is 0. The van der Waals surface area contributed by atoms with E-state index in [0.717, 1.165) is 12.8 Å². The van der Waals surface area contributed by atoms with E-state index in [-0.39, 0.29) is 11.9 Å². The number of nitrogens with zero attached hydrogens (tertiary/aromatic N) is 2. The molecular weight excluding hydrogens is 236 g/mol. The minimum Gasteiger partial charge on any atom is -0.337 e. The molecule has 0 bridgehead atoms. The van der Waals surface area contributed by atoms with Crippen LogP contribution in [0.1, 0.15) is 46.0 Å². The first-order valence-electron chi connectivity index (χ1n) is 6.39. The summed E-state index contributed by atoms with van der Waals surface area (Å²) in [6.45, 7) is 4.41. The van der Waals surface area contributed by atoms with Gasteiger partial charge in [0.2, 0.25) is 5.91 Å². The highest BCUT2D eigenvalue weighted by Crippen LogP contribution is 2.29. The van der Waals surface area contributed by atoms with Gasteiger partial charge in [-0.05, 0) is 25.7 Å². The Morgan fingerprint density at radius 3 is 2.71 bits per heavy atom. The van der Waals surface area contributed by atoms with Gasteiger partial charge >= 0.3 is 0 Å². The van der Waals surface area contributed by atoms with Crippen molar-refractivity contribution in [2.45, 2.75) is 57.4 Å². The second-order valence-electron chi connectivity index (χ2n) is 4.88. The number of carbonyl (C=O) groups excluding carboxylic acids is 1. The van der Waals surface area contributed by atoms with Gasteiger partial charge in [-0.2, -0.15) is 5.26 Å². The predicted octanol–water partition coefficient (Wildman–Crippen LogP) is 2.93. The predicted molar refractivity (Wildman–Crippen MR) is 68.7 cm³/mol. The zero-order chi connectivity index (χ0) is 12.8. The molecule has 0 spiro atoms. The van der Waals surface area contributed by atoms with Crippen LogP contribution < -0.4 is 0 Å². The molecule has 96 valence electrons. The SMILES string of the molecule is CC(Cl)C(=O)N(CCC#N)C1CCCCC1C. The van der Waals surface area contributed by atoms with Gasteiger partial charge < -0.3 is 4.90 Å². The lowest BCUT2D eigenvalue weighted by Gasteiger charge is -2.39. The first kappa shape index (κ1) is 14.3. The number of hydrogen-bond donors (Lipinski definition) is 0. The van der Waals surface area contributed by atoms with Gasteiger partial charge in [-0.15, -0.1) is 11.6 Å². The van der Waals surface area contributed by atoms with Crippen molar-refractivity contribution in [3.8, 4) is 6.07 Å². The van der Waals surface area contributed by atoms with E-state index in [4.69, 9.17) is 16.9 Å². The summed E-state index contributed by atoms with van der Waals surface area (Å²) >= 11 is 5.89. The van der Waals surface area contributed by atoms with Gasteiger partial charge in [0.15, 0.2) is 0 Å². The lowest BCUT2D eigenvalue weighted by atomic mass is 9.84. The van der Waals surface area contributed by atoms with Crippen LogP contribution in [0.5, 0.6) is 0 Å². The van der Waals surface area contributed by atoms with Crippen LogP contribution in [0.2, 0.25) is 0 Å². The molecule has 3 atom stereocenters. The van der Waals surface area contributed by atoms with Crippen molar-refractivity contribution in [3.63, 3.8) is 0 Å². The Hall–Kier alpha value is -0.750. The fraction of sp³-hybridized carbons (Fsp3) is 0.846. The van der Waals surface area contributed by atoms with Crippen molar-refractivity contribution in [1.82, 2.24) is 4.90 Å². The van der Waals surface area contributed by atoms with Crippen LogP contribution in [-0.4, -0.2) is 28.8 Å². The Balaban J connectivity index is 2.73. The van der Waals surface area contributed by atoms with Crippen molar-refractivity contribution in [3.05, 3.63) is 0 Å². The summed E-state index contributed by atoms with van der Waals surface area (Å²) in [6, 6.07) is 2.38. The maximum absolute atomic E-state index is 12.1. The molecule has 0 heterocycles. The molecule has 1 saturated carbocycles. The third-order valence-corrected chi connectivity index (χ3v) is 3.74.